The fourth-order valence-electron chi connectivity index (χ4n) is 3.00. The van der Waals surface area contributed by atoms with Crippen LogP contribution in [0.5, 0.6) is 5.75 Å². The number of rotatable bonds is 10. The topological polar surface area (TPSA) is 51.2 Å². The summed E-state index contributed by atoms with van der Waals surface area (Å²) in [4.78, 5) is 16.2. The second-order valence-corrected chi connectivity index (χ2v) is 6.80. The summed E-state index contributed by atoms with van der Waals surface area (Å²) in [7, 11) is 1.66. The van der Waals surface area contributed by atoms with Gasteiger partial charge in [-0.15, -0.1) is 0 Å². The zero-order valence-electron chi connectivity index (χ0n) is 17.0. The monoisotopic (exact) mass is 378 g/mol. The first-order valence-corrected chi connectivity index (χ1v) is 9.83. The van der Waals surface area contributed by atoms with Crippen LogP contribution < -0.4 is 10.1 Å². The average Bonchev–Trinajstić information content (AvgIpc) is 2.72. The summed E-state index contributed by atoms with van der Waals surface area (Å²) in [6.07, 6.45) is 12.9. The summed E-state index contributed by atoms with van der Waals surface area (Å²) < 4.78 is 5.20. The molecule has 1 amide bonds. The van der Waals surface area contributed by atoms with Gasteiger partial charge in [0.2, 0.25) is 5.91 Å². The van der Waals surface area contributed by atoms with E-state index < -0.39 is 0 Å². The van der Waals surface area contributed by atoms with Crippen molar-refractivity contribution in [1.82, 2.24) is 10.3 Å². The number of amides is 1. The van der Waals surface area contributed by atoms with Crippen molar-refractivity contribution in [2.75, 3.05) is 7.11 Å². The summed E-state index contributed by atoms with van der Waals surface area (Å²) in [6, 6.07) is 12.1. The number of hydrogen-bond donors (Lipinski definition) is 1. The van der Waals surface area contributed by atoms with Crippen LogP contribution in [0.2, 0.25) is 0 Å². The SMILES string of the molecule is CC/C(=C\C=C\C(=O)N[C@H](C)CCCc1cccnc1)c1ccc(OC)cc1. The summed E-state index contributed by atoms with van der Waals surface area (Å²) in [5.41, 5.74) is 3.55. The fourth-order valence-corrected chi connectivity index (χ4v) is 3.00. The maximum absolute atomic E-state index is 12.1. The van der Waals surface area contributed by atoms with E-state index in [1.54, 1.807) is 19.4 Å². The zero-order valence-corrected chi connectivity index (χ0v) is 17.0. The maximum atomic E-state index is 12.1. The van der Waals surface area contributed by atoms with Gasteiger partial charge in [-0.2, -0.15) is 0 Å². The molecular formula is C24H30N2O2. The summed E-state index contributed by atoms with van der Waals surface area (Å²) in [5, 5.41) is 3.03. The lowest BCUT2D eigenvalue weighted by molar-refractivity contribution is -0.117. The molecule has 4 heteroatoms. The van der Waals surface area contributed by atoms with E-state index in [1.807, 2.05) is 55.6 Å². The number of carbonyl (C=O) groups is 1. The Hall–Kier alpha value is -2.88. The molecule has 1 atom stereocenters. The van der Waals surface area contributed by atoms with Crippen molar-refractivity contribution in [3.05, 3.63) is 78.1 Å². The molecule has 0 saturated carbocycles. The predicted octanol–water partition coefficient (Wildman–Crippen LogP) is 4.97. The fraction of sp³-hybridized carbons (Fsp3) is 0.333. The number of ether oxygens (including phenoxy) is 1. The van der Waals surface area contributed by atoms with E-state index in [0.717, 1.165) is 37.0 Å². The molecule has 0 fully saturated rings. The number of aromatic nitrogens is 1. The number of nitrogens with one attached hydrogen (secondary N) is 1. The van der Waals surface area contributed by atoms with Gasteiger partial charge in [-0.1, -0.05) is 37.3 Å². The summed E-state index contributed by atoms with van der Waals surface area (Å²) in [5.74, 6) is 0.780. The molecule has 0 bridgehead atoms. The average molecular weight is 379 g/mol. The molecule has 0 aliphatic heterocycles. The third-order valence-electron chi connectivity index (χ3n) is 4.60. The number of allylic oxidation sites excluding steroid dienone is 3. The minimum atomic E-state index is -0.0599. The Labute approximate surface area is 168 Å². The van der Waals surface area contributed by atoms with E-state index in [1.165, 1.54) is 11.1 Å². The molecule has 2 rings (SSSR count). The lowest BCUT2D eigenvalue weighted by atomic mass is 10.0. The van der Waals surface area contributed by atoms with E-state index in [-0.39, 0.29) is 11.9 Å². The van der Waals surface area contributed by atoms with Crippen LogP contribution in [0, 0.1) is 0 Å². The first-order chi connectivity index (χ1) is 13.6. The Balaban J connectivity index is 1.79. The highest BCUT2D eigenvalue weighted by Gasteiger charge is 2.05. The van der Waals surface area contributed by atoms with Crippen molar-refractivity contribution in [2.24, 2.45) is 0 Å². The van der Waals surface area contributed by atoms with Gasteiger partial charge in [-0.3, -0.25) is 9.78 Å². The Morgan fingerprint density at radius 3 is 2.68 bits per heavy atom. The normalized spacial score (nSPS) is 12.8. The molecule has 0 aliphatic carbocycles. The molecule has 0 saturated heterocycles. The van der Waals surface area contributed by atoms with Crippen LogP contribution in [0.15, 0.2) is 67.0 Å². The van der Waals surface area contributed by atoms with Crippen molar-refractivity contribution in [3.63, 3.8) is 0 Å². The van der Waals surface area contributed by atoms with Crippen molar-refractivity contribution in [2.45, 2.75) is 45.6 Å². The third-order valence-corrected chi connectivity index (χ3v) is 4.60. The molecule has 0 unspecified atom stereocenters. The molecule has 0 radical (unpaired) electrons. The van der Waals surface area contributed by atoms with Crippen molar-refractivity contribution < 1.29 is 9.53 Å². The molecule has 1 N–H and O–H groups in total. The first-order valence-electron chi connectivity index (χ1n) is 9.83. The van der Waals surface area contributed by atoms with Gasteiger partial charge < -0.3 is 10.1 Å². The van der Waals surface area contributed by atoms with Crippen molar-refractivity contribution in [3.8, 4) is 5.75 Å². The number of methoxy groups -OCH3 is 1. The molecule has 0 aliphatic rings. The van der Waals surface area contributed by atoms with E-state index >= 15 is 0 Å². The zero-order chi connectivity index (χ0) is 20.2. The van der Waals surface area contributed by atoms with Crippen LogP contribution in [-0.2, 0) is 11.2 Å². The van der Waals surface area contributed by atoms with Crippen LogP contribution in [0.1, 0.15) is 44.2 Å². The number of pyridine rings is 1. The van der Waals surface area contributed by atoms with Gasteiger partial charge in [-0.25, -0.2) is 0 Å². The number of aryl methyl sites for hydroxylation is 1. The molecule has 1 aromatic carbocycles. The lowest BCUT2D eigenvalue weighted by Gasteiger charge is -2.12. The second kappa shape index (κ2) is 11.8. The molecule has 4 nitrogen and oxygen atoms in total. The van der Waals surface area contributed by atoms with Gasteiger partial charge in [0.15, 0.2) is 0 Å². The van der Waals surface area contributed by atoms with E-state index in [2.05, 4.69) is 23.3 Å². The van der Waals surface area contributed by atoms with Crippen LogP contribution in [0.3, 0.4) is 0 Å². The molecule has 28 heavy (non-hydrogen) atoms. The van der Waals surface area contributed by atoms with Gasteiger partial charge in [-0.05, 0) is 67.5 Å². The second-order valence-electron chi connectivity index (χ2n) is 6.80. The molecule has 1 aromatic heterocycles. The highest BCUT2D eigenvalue weighted by molar-refractivity contribution is 5.88. The van der Waals surface area contributed by atoms with E-state index in [4.69, 9.17) is 4.74 Å². The number of hydrogen-bond acceptors (Lipinski definition) is 3. The van der Waals surface area contributed by atoms with Crippen LogP contribution in [-0.4, -0.2) is 24.0 Å². The van der Waals surface area contributed by atoms with Crippen LogP contribution in [0.25, 0.3) is 5.57 Å². The smallest absolute Gasteiger partial charge is 0.244 e. The Kier molecular flexibility index (Phi) is 8.99. The number of benzene rings is 1. The van der Waals surface area contributed by atoms with Crippen molar-refractivity contribution >= 4 is 11.5 Å². The van der Waals surface area contributed by atoms with Crippen LogP contribution >= 0.6 is 0 Å². The third kappa shape index (κ3) is 7.39. The van der Waals surface area contributed by atoms with E-state index in [9.17, 15) is 4.79 Å². The number of nitrogens with zero attached hydrogens (tertiary/aromatic N) is 1. The highest BCUT2D eigenvalue weighted by atomic mass is 16.5. The summed E-state index contributed by atoms with van der Waals surface area (Å²) >= 11 is 0. The van der Waals surface area contributed by atoms with Gasteiger partial charge in [0.25, 0.3) is 0 Å². The van der Waals surface area contributed by atoms with Gasteiger partial charge in [0.1, 0.15) is 5.75 Å². The first kappa shape index (κ1) is 21.4. The number of carbonyl (C=O) groups excluding carboxylic acids is 1. The quantitative estimate of drug-likeness (QED) is 0.469. The Morgan fingerprint density at radius 2 is 2.04 bits per heavy atom. The predicted molar refractivity (Wildman–Crippen MR) is 115 cm³/mol. The summed E-state index contributed by atoms with van der Waals surface area (Å²) in [6.45, 7) is 4.15. The minimum Gasteiger partial charge on any atom is -0.497 e. The van der Waals surface area contributed by atoms with Crippen molar-refractivity contribution in [1.29, 1.82) is 0 Å². The highest BCUT2D eigenvalue weighted by Crippen LogP contribution is 2.21. The Morgan fingerprint density at radius 1 is 1.25 bits per heavy atom. The minimum absolute atomic E-state index is 0.0599. The van der Waals surface area contributed by atoms with Gasteiger partial charge >= 0.3 is 0 Å². The molecular weight excluding hydrogens is 348 g/mol. The van der Waals surface area contributed by atoms with Gasteiger partial charge in [0.05, 0.1) is 7.11 Å². The molecule has 2 aromatic rings. The molecule has 148 valence electrons. The lowest BCUT2D eigenvalue weighted by Crippen LogP contribution is -2.31. The maximum Gasteiger partial charge on any atom is 0.244 e. The van der Waals surface area contributed by atoms with E-state index in [0.29, 0.717) is 0 Å². The molecule has 0 spiro atoms. The van der Waals surface area contributed by atoms with Gasteiger partial charge in [0, 0.05) is 24.5 Å². The standard InChI is InChI=1S/C24H30N2O2/c1-4-21(22-13-15-23(28-3)16-14-22)11-6-12-24(27)26-19(2)8-5-9-20-10-7-17-25-18-20/h6-7,10-19H,4-5,8-9H2,1-3H3,(H,26,27)/b12-6+,21-11+/t19-/m1/s1. The molecule has 1 heterocycles. The largest absolute Gasteiger partial charge is 0.497 e. The Bertz CT molecular complexity index is 780. The van der Waals surface area contributed by atoms with Crippen LogP contribution in [0.4, 0.5) is 0 Å².